The molecule has 0 bridgehead atoms. The Morgan fingerprint density at radius 1 is 1.22 bits per heavy atom. The summed E-state index contributed by atoms with van der Waals surface area (Å²) in [6, 6.07) is 9.50. The monoisotopic (exact) mass is 363 g/mol. The number of methoxy groups -OCH3 is 1. The Balaban J connectivity index is 0. The van der Waals surface area contributed by atoms with E-state index < -0.39 is 6.02 Å². The molecule has 0 atom stereocenters. The van der Waals surface area contributed by atoms with Gasteiger partial charge in [0.05, 0.1) is 19.3 Å². The molecule has 9 heteroatoms. The molecule has 0 spiro atoms. The van der Waals surface area contributed by atoms with E-state index in [0.717, 1.165) is 6.21 Å². The van der Waals surface area contributed by atoms with E-state index in [9.17, 15) is 10.2 Å². The van der Waals surface area contributed by atoms with E-state index in [-0.39, 0.29) is 39.3 Å². The minimum atomic E-state index is -0.915. The van der Waals surface area contributed by atoms with Gasteiger partial charge < -0.3 is 26.2 Å². The largest absolute Gasteiger partial charge is 2.00 e. The number of rotatable bonds is 3. The van der Waals surface area contributed by atoms with Crippen LogP contribution in [0.5, 0.6) is 11.5 Å². The average molecular weight is 363 g/mol. The van der Waals surface area contributed by atoms with Gasteiger partial charge in [-0.1, -0.05) is 23.9 Å². The van der Waals surface area contributed by atoms with Crippen LogP contribution in [0.3, 0.4) is 0 Å². The van der Waals surface area contributed by atoms with Crippen molar-refractivity contribution in [1.82, 2.24) is 4.98 Å². The van der Waals surface area contributed by atoms with Gasteiger partial charge in [-0.05, 0) is 23.8 Å². The van der Waals surface area contributed by atoms with E-state index in [2.05, 4.69) is 15.2 Å². The topological polar surface area (TPSA) is 150 Å². The summed E-state index contributed by atoms with van der Waals surface area (Å²) in [7, 11) is 1.39. The van der Waals surface area contributed by atoms with Crippen molar-refractivity contribution in [3.63, 3.8) is 0 Å². The smallest absolute Gasteiger partial charge is 0.870 e. The molecule has 1 aromatic heterocycles. The quantitative estimate of drug-likeness (QED) is 0.423. The first-order valence-electron chi connectivity index (χ1n) is 5.87. The Hall–Kier alpha value is -2.62. The van der Waals surface area contributed by atoms with Gasteiger partial charge >= 0.3 is 16.8 Å². The van der Waals surface area contributed by atoms with Crippen molar-refractivity contribution in [3.05, 3.63) is 54.4 Å². The minimum Gasteiger partial charge on any atom is -0.870 e. The number of benzene rings is 1. The van der Waals surface area contributed by atoms with Gasteiger partial charge in [-0.3, -0.25) is 4.98 Å². The first kappa shape index (κ1) is 22.7. The number of nitrogens with two attached hydrogens (primary N) is 1. The van der Waals surface area contributed by atoms with Crippen molar-refractivity contribution in [1.29, 1.82) is 0 Å². The maximum atomic E-state index is 11.5. The zero-order valence-corrected chi connectivity index (χ0v) is 13.2. The average Bonchev–Trinajstić information content (AvgIpc) is 2.51. The number of para-hydroxylation sites is 1. The molecular weight excluding hydrogens is 347 g/mol. The first-order chi connectivity index (χ1) is 10.1. The Labute approximate surface area is 143 Å². The second kappa shape index (κ2) is 13.1. The van der Waals surface area contributed by atoms with Crippen LogP contribution >= 0.6 is 0 Å². The molecule has 0 amide bonds. The summed E-state index contributed by atoms with van der Waals surface area (Å²) >= 11 is 0. The molecule has 0 fully saturated rings. The zero-order valence-electron chi connectivity index (χ0n) is 12.2. The molecule has 0 aliphatic rings. The van der Waals surface area contributed by atoms with Gasteiger partial charge in [-0.2, -0.15) is 5.10 Å². The molecule has 0 saturated heterocycles. The van der Waals surface area contributed by atoms with Crippen molar-refractivity contribution in [2.45, 2.75) is 0 Å². The number of amidine groups is 1. The molecule has 125 valence electrons. The molecule has 0 saturated carbocycles. The SMILES string of the molecule is COc1cccc(C=N/N=C(/N)[O-])c1[O-].O.[Co+2].c1ccncc1. The zero-order chi connectivity index (χ0) is 15.5. The fraction of sp³-hybridized carbons (Fsp3) is 0.0714. The van der Waals surface area contributed by atoms with Crippen LogP contribution in [0.1, 0.15) is 5.56 Å². The summed E-state index contributed by atoms with van der Waals surface area (Å²) in [6.07, 6.45) is 4.65. The second-order valence-electron chi connectivity index (χ2n) is 3.59. The summed E-state index contributed by atoms with van der Waals surface area (Å²) in [5.41, 5.74) is 5.01. The molecule has 0 aliphatic heterocycles. The first-order valence-corrected chi connectivity index (χ1v) is 5.87. The maximum absolute atomic E-state index is 11.5. The third-order valence-corrected chi connectivity index (χ3v) is 2.15. The van der Waals surface area contributed by atoms with Crippen LogP contribution in [0.2, 0.25) is 0 Å². The molecule has 2 aromatic rings. The van der Waals surface area contributed by atoms with E-state index in [0.29, 0.717) is 0 Å². The summed E-state index contributed by atoms with van der Waals surface area (Å²) in [5, 5.41) is 28.1. The van der Waals surface area contributed by atoms with Crippen LogP contribution in [0, 0.1) is 0 Å². The van der Waals surface area contributed by atoms with Crippen LogP contribution < -0.4 is 20.7 Å². The Morgan fingerprint density at radius 3 is 2.30 bits per heavy atom. The van der Waals surface area contributed by atoms with E-state index >= 15 is 0 Å². The molecule has 0 unspecified atom stereocenters. The molecule has 1 radical (unpaired) electrons. The van der Waals surface area contributed by atoms with Crippen molar-refractivity contribution in [2.75, 3.05) is 7.11 Å². The normalized spacial score (nSPS) is 9.87. The van der Waals surface area contributed by atoms with E-state index in [1.165, 1.54) is 19.2 Å². The molecule has 2 rings (SSSR count). The molecule has 1 aromatic carbocycles. The predicted molar refractivity (Wildman–Crippen MR) is 79.5 cm³/mol. The van der Waals surface area contributed by atoms with Crippen molar-refractivity contribution >= 4 is 12.2 Å². The molecule has 8 nitrogen and oxygen atoms in total. The van der Waals surface area contributed by atoms with Gasteiger partial charge in [0, 0.05) is 12.4 Å². The van der Waals surface area contributed by atoms with Crippen LogP contribution in [0.4, 0.5) is 0 Å². The molecule has 23 heavy (non-hydrogen) atoms. The second-order valence-corrected chi connectivity index (χ2v) is 3.59. The van der Waals surface area contributed by atoms with Crippen LogP contribution in [0.25, 0.3) is 0 Å². The minimum absolute atomic E-state index is 0. The van der Waals surface area contributed by atoms with Gasteiger partial charge in [0.15, 0.2) is 0 Å². The molecular formula is C14H16CoN4O4. The summed E-state index contributed by atoms with van der Waals surface area (Å²) in [6.45, 7) is 0. The number of ether oxygens (including phenoxy) is 1. The molecule has 4 N–H and O–H groups in total. The Kier molecular flexibility index (Phi) is 12.9. The summed E-state index contributed by atoms with van der Waals surface area (Å²) < 4.78 is 4.82. The van der Waals surface area contributed by atoms with Crippen molar-refractivity contribution in [2.24, 2.45) is 15.9 Å². The van der Waals surface area contributed by atoms with Gasteiger partial charge in [-0.25, -0.2) is 0 Å². The predicted octanol–water partition coefficient (Wildman–Crippen LogP) is -0.968. The fourth-order valence-corrected chi connectivity index (χ4v) is 1.26. The maximum Gasteiger partial charge on any atom is 2.00 e. The Bertz CT molecular complexity index is 578. The van der Waals surface area contributed by atoms with Crippen LogP contribution in [-0.2, 0) is 16.8 Å². The fourth-order valence-electron chi connectivity index (χ4n) is 1.26. The molecule has 1 heterocycles. The van der Waals surface area contributed by atoms with E-state index in [4.69, 9.17) is 10.5 Å². The summed E-state index contributed by atoms with van der Waals surface area (Å²) in [4.78, 5) is 3.78. The summed E-state index contributed by atoms with van der Waals surface area (Å²) in [5.74, 6) is -0.110. The van der Waals surface area contributed by atoms with Gasteiger partial charge in [0.2, 0.25) is 0 Å². The Morgan fingerprint density at radius 2 is 1.87 bits per heavy atom. The number of hydrogen-bond donors (Lipinski definition) is 1. The third-order valence-electron chi connectivity index (χ3n) is 2.15. The van der Waals surface area contributed by atoms with Crippen LogP contribution in [-0.4, -0.2) is 29.8 Å². The molecule has 0 aliphatic carbocycles. The number of pyridine rings is 1. The number of nitrogens with zero attached hydrogens (tertiary/aromatic N) is 3. The number of hydrogen-bond acceptors (Lipinski definition) is 6. The van der Waals surface area contributed by atoms with Crippen molar-refractivity contribution in [3.8, 4) is 11.5 Å². The third kappa shape index (κ3) is 9.09. The van der Waals surface area contributed by atoms with Crippen LogP contribution in [0.15, 0.2) is 59.0 Å². The van der Waals surface area contributed by atoms with Gasteiger partial charge in [-0.15, -0.1) is 5.10 Å². The standard InChI is InChI=1S/C9H11N3O3.C5H5N.Co.H2O/c1-15-7-4-2-3-6(8(7)13)5-11-12-9(10)14;1-2-4-6-5-3-1;;/h2-5,13H,1H3,(H3,10,12,14);1-5H;;1H2/q;;+2;/p-2. The van der Waals surface area contributed by atoms with E-state index in [1.54, 1.807) is 18.5 Å². The van der Waals surface area contributed by atoms with Crippen molar-refractivity contribution < 1.29 is 37.2 Å². The van der Waals surface area contributed by atoms with Gasteiger partial charge in [0.25, 0.3) is 0 Å². The van der Waals surface area contributed by atoms with Gasteiger partial charge in [0.1, 0.15) is 5.75 Å². The number of aromatic nitrogens is 1. The van der Waals surface area contributed by atoms with E-state index in [1.807, 2.05) is 18.2 Å².